The first-order chi connectivity index (χ1) is 15.1. The average molecular weight is 440 g/mol. The van der Waals surface area contributed by atoms with Crippen LogP contribution in [0.25, 0.3) is 22.6 Å². The van der Waals surface area contributed by atoms with E-state index < -0.39 is 0 Å². The van der Waals surface area contributed by atoms with Crippen LogP contribution in [-0.2, 0) is 9.53 Å². The highest BCUT2D eigenvalue weighted by atomic mass is 32.2. The largest absolute Gasteiger partial charge is 0.468 e. The van der Waals surface area contributed by atoms with Crippen molar-refractivity contribution >= 4 is 34.4 Å². The third-order valence-electron chi connectivity index (χ3n) is 5.45. The molecule has 11 nitrogen and oxygen atoms in total. The summed E-state index contributed by atoms with van der Waals surface area (Å²) in [6.07, 6.45) is 8.95. The van der Waals surface area contributed by atoms with E-state index in [1.807, 2.05) is 0 Å². The van der Waals surface area contributed by atoms with Crippen molar-refractivity contribution in [3.63, 3.8) is 0 Å². The van der Waals surface area contributed by atoms with Gasteiger partial charge in [0.2, 0.25) is 11.1 Å². The maximum absolute atomic E-state index is 13.1. The second-order valence-corrected chi connectivity index (χ2v) is 8.31. The molecule has 4 aromatic rings. The molecule has 31 heavy (non-hydrogen) atoms. The van der Waals surface area contributed by atoms with E-state index in [0.717, 1.165) is 30.4 Å². The Hall–Kier alpha value is -3.28. The molecule has 1 aliphatic rings. The molecule has 5 rings (SSSR count). The van der Waals surface area contributed by atoms with Gasteiger partial charge in [-0.3, -0.25) is 14.2 Å². The molecule has 0 amide bonds. The number of esters is 1. The van der Waals surface area contributed by atoms with Gasteiger partial charge in [-0.05, 0) is 18.9 Å². The Balaban J connectivity index is 1.50. The first-order valence-corrected chi connectivity index (χ1v) is 11.0. The van der Waals surface area contributed by atoms with Gasteiger partial charge in [0.25, 0.3) is 11.3 Å². The second-order valence-electron chi connectivity index (χ2n) is 7.37. The molecule has 0 atom stereocenters. The van der Waals surface area contributed by atoms with Gasteiger partial charge in [-0.1, -0.05) is 31.0 Å². The van der Waals surface area contributed by atoms with E-state index >= 15 is 0 Å². The summed E-state index contributed by atoms with van der Waals surface area (Å²) >= 11 is 1.12. The number of aromatic amines is 1. The van der Waals surface area contributed by atoms with E-state index in [0.29, 0.717) is 27.8 Å². The van der Waals surface area contributed by atoms with Gasteiger partial charge in [-0.15, -0.1) is 10.2 Å². The number of pyridine rings is 1. The van der Waals surface area contributed by atoms with Crippen molar-refractivity contribution in [2.45, 2.75) is 43.2 Å². The van der Waals surface area contributed by atoms with Gasteiger partial charge >= 0.3 is 5.97 Å². The van der Waals surface area contributed by atoms with Crippen molar-refractivity contribution in [3.8, 4) is 5.95 Å². The Kier molecular flexibility index (Phi) is 5.14. The molecule has 4 heterocycles. The molecule has 1 fully saturated rings. The lowest BCUT2D eigenvalue weighted by Crippen LogP contribution is -2.20. The zero-order valence-electron chi connectivity index (χ0n) is 16.8. The second kappa shape index (κ2) is 8.10. The Morgan fingerprint density at radius 2 is 2.13 bits per heavy atom. The maximum atomic E-state index is 13.1. The minimum Gasteiger partial charge on any atom is -0.468 e. The molecule has 12 heteroatoms. The number of H-pyrrole nitrogens is 1. The third kappa shape index (κ3) is 3.67. The molecule has 0 unspecified atom stereocenters. The number of rotatable bonds is 5. The summed E-state index contributed by atoms with van der Waals surface area (Å²) in [7, 11) is 1.32. The van der Waals surface area contributed by atoms with E-state index in [2.05, 4.69) is 35.0 Å². The first kappa shape index (κ1) is 19.7. The van der Waals surface area contributed by atoms with Gasteiger partial charge in [0.05, 0.1) is 23.8 Å². The fourth-order valence-corrected chi connectivity index (χ4v) is 4.45. The normalized spacial score (nSPS) is 15.0. The van der Waals surface area contributed by atoms with Crippen molar-refractivity contribution < 1.29 is 9.53 Å². The number of carbonyl (C=O) groups is 1. The summed E-state index contributed by atoms with van der Waals surface area (Å²) in [6, 6.07) is 1.79. The van der Waals surface area contributed by atoms with Crippen LogP contribution in [0.2, 0.25) is 0 Å². The standard InChI is InChI=1S/C19H20N8O3S/c1-30-14(28)10-31-19-22-18(23-24-19)26-8-7-13-12(16(26)29)9-20-17-21-15(25-27(13)17)11-5-3-2-4-6-11/h7-9,11H,2-6,10H2,1H3,(H,22,23,24). The van der Waals surface area contributed by atoms with Crippen LogP contribution in [0.3, 0.4) is 0 Å². The Morgan fingerprint density at radius 3 is 2.94 bits per heavy atom. The number of ether oxygens (including phenoxy) is 1. The Morgan fingerprint density at radius 1 is 1.29 bits per heavy atom. The summed E-state index contributed by atoms with van der Waals surface area (Å²) < 4.78 is 7.60. The van der Waals surface area contributed by atoms with Crippen LogP contribution in [0.15, 0.2) is 28.4 Å². The lowest BCUT2D eigenvalue weighted by Gasteiger charge is -2.17. The van der Waals surface area contributed by atoms with Gasteiger partial charge < -0.3 is 4.74 Å². The Labute approximate surface area is 180 Å². The molecule has 0 saturated heterocycles. The number of nitrogens with one attached hydrogen (secondary N) is 1. The van der Waals surface area contributed by atoms with Gasteiger partial charge in [0, 0.05) is 18.3 Å². The quantitative estimate of drug-likeness (QED) is 0.364. The molecule has 1 saturated carbocycles. The van der Waals surface area contributed by atoms with Crippen LogP contribution < -0.4 is 5.56 Å². The third-order valence-corrected chi connectivity index (χ3v) is 6.27. The van der Waals surface area contributed by atoms with Crippen LogP contribution in [0.1, 0.15) is 43.8 Å². The van der Waals surface area contributed by atoms with Gasteiger partial charge in [-0.2, -0.15) is 14.5 Å². The first-order valence-electron chi connectivity index (χ1n) is 10.0. The molecule has 1 N–H and O–H groups in total. The van der Waals surface area contributed by atoms with Crippen LogP contribution in [0.5, 0.6) is 0 Å². The van der Waals surface area contributed by atoms with E-state index in [-0.39, 0.29) is 23.2 Å². The number of thioether (sulfide) groups is 1. The van der Waals surface area contributed by atoms with E-state index in [1.165, 1.54) is 37.1 Å². The van der Waals surface area contributed by atoms with Crippen molar-refractivity contribution in [1.82, 2.24) is 39.3 Å². The molecule has 160 valence electrons. The predicted molar refractivity (Wildman–Crippen MR) is 112 cm³/mol. The number of aromatic nitrogens is 8. The summed E-state index contributed by atoms with van der Waals surface area (Å²) in [4.78, 5) is 37.6. The molecule has 0 radical (unpaired) electrons. The smallest absolute Gasteiger partial charge is 0.316 e. The predicted octanol–water partition coefficient (Wildman–Crippen LogP) is 1.86. The minimum absolute atomic E-state index is 0.0813. The van der Waals surface area contributed by atoms with Crippen LogP contribution >= 0.6 is 11.8 Å². The maximum Gasteiger partial charge on any atom is 0.316 e. The molecular weight excluding hydrogens is 420 g/mol. The lowest BCUT2D eigenvalue weighted by molar-refractivity contribution is -0.137. The number of hydrogen-bond acceptors (Lipinski definition) is 9. The highest BCUT2D eigenvalue weighted by Gasteiger charge is 2.21. The average Bonchev–Trinajstić information content (AvgIpc) is 3.45. The monoisotopic (exact) mass is 440 g/mol. The fourth-order valence-electron chi connectivity index (χ4n) is 3.83. The summed E-state index contributed by atoms with van der Waals surface area (Å²) in [5.41, 5.74) is 0.336. The molecule has 4 aromatic heterocycles. The van der Waals surface area contributed by atoms with Gasteiger partial charge in [0.1, 0.15) is 0 Å². The van der Waals surface area contributed by atoms with Crippen molar-refractivity contribution in [2.24, 2.45) is 0 Å². The summed E-state index contributed by atoms with van der Waals surface area (Å²) in [5, 5.41) is 12.2. The van der Waals surface area contributed by atoms with Crippen molar-refractivity contribution in [1.29, 1.82) is 0 Å². The van der Waals surface area contributed by atoms with Crippen LogP contribution in [-0.4, -0.2) is 58.2 Å². The number of methoxy groups -OCH3 is 1. The van der Waals surface area contributed by atoms with E-state index in [1.54, 1.807) is 16.8 Å². The van der Waals surface area contributed by atoms with Gasteiger partial charge in [0.15, 0.2) is 5.82 Å². The molecule has 0 bridgehead atoms. The number of hydrogen-bond donors (Lipinski definition) is 1. The number of carbonyl (C=O) groups excluding carboxylic acids is 1. The van der Waals surface area contributed by atoms with Crippen molar-refractivity contribution in [2.75, 3.05) is 12.9 Å². The Bertz CT molecular complexity index is 1320. The fraction of sp³-hybridized carbons (Fsp3) is 0.421. The SMILES string of the molecule is COC(=O)CSc1n[nH]c(-n2ccc3c(cnc4nc(C5CCCCC5)nn43)c2=O)n1. The highest BCUT2D eigenvalue weighted by Crippen LogP contribution is 2.31. The molecular formula is C19H20N8O3S. The topological polar surface area (TPSA) is 133 Å². The zero-order valence-corrected chi connectivity index (χ0v) is 17.6. The summed E-state index contributed by atoms with van der Waals surface area (Å²) in [6.45, 7) is 0. The molecule has 0 spiro atoms. The van der Waals surface area contributed by atoms with Gasteiger partial charge in [-0.25, -0.2) is 10.1 Å². The van der Waals surface area contributed by atoms with Crippen molar-refractivity contribution in [3.05, 3.63) is 34.6 Å². The van der Waals surface area contributed by atoms with Crippen LogP contribution in [0.4, 0.5) is 0 Å². The molecule has 0 aliphatic heterocycles. The summed E-state index contributed by atoms with van der Waals surface area (Å²) in [5.74, 6) is 1.59. The molecule has 1 aliphatic carbocycles. The highest BCUT2D eigenvalue weighted by molar-refractivity contribution is 7.99. The van der Waals surface area contributed by atoms with E-state index in [9.17, 15) is 9.59 Å². The molecule has 0 aromatic carbocycles. The van der Waals surface area contributed by atoms with E-state index in [4.69, 9.17) is 0 Å². The lowest BCUT2D eigenvalue weighted by atomic mass is 9.89. The number of fused-ring (bicyclic) bond motifs is 3. The zero-order chi connectivity index (χ0) is 21.4. The van der Waals surface area contributed by atoms with Crippen LogP contribution in [0, 0.1) is 0 Å². The number of nitrogens with zero attached hydrogens (tertiary/aromatic N) is 7. The minimum atomic E-state index is -0.380.